The molecule has 2 aliphatic rings. The molecule has 3 N–H and O–H groups in total. The Labute approximate surface area is 209 Å². The number of carbonyl (C=O) groups is 1. The summed E-state index contributed by atoms with van der Waals surface area (Å²) in [5, 5.41) is 2.65. The first-order valence-corrected chi connectivity index (χ1v) is 12.3. The van der Waals surface area contributed by atoms with Crippen LogP contribution in [0.4, 0.5) is 14.6 Å². The number of methoxy groups -OCH3 is 1. The second kappa shape index (κ2) is 10.3. The van der Waals surface area contributed by atoms with Crippen LogP contribution in [0.25, 0.3) is 22.3 Å². The van der Waals surface area contributed by atoms with Crippen LogP contribution in [0.3, 0.4) is 0 Å². The third-order valence-electron chi connectivity index (χ3n) is 7.29. The highest BCUT2D eigenvalue weighted by Gasteiger charge is 2.24. The highest BCUT2D eigenvalue weighted by molar-refractivity contribution is 5.98. The van der Waals surface area contributed by atoms with Gasteiger partial charge in [0.25, 0.3) is 5.91 Å². The van der Waals surface area contributed by atoms with Crippen molar-refractivity contribution < 1.29 is 18.3 Å². The van der Waals surface area contributed by atoms with Crippen LogP contribution >= 0.6 is 0 Å². The first kappa shape index (κ1) is 24.3. The Bertz CT molecular complexity index is 1270. The number of nitrogens with one attached hydrogen (secondary N) is 1. The molecule has 36 heavy (non-hydrogen) atoms. The van der Waals surface area contributed by atoms with Gasteiger partial charge in [0.15, 0.2) is 0 Å². The molecule has 0 aliphatic carbocycles. The number of nitrogens with two attached hydrogens (primary N) is 1. The van der Waals surface area contributed by atoms with Crippen LogP contribution in [0.1, 0.15) is 40.2 Å². The number of amides is 1. The number of halogens is 2. The number of piperidine rings is 1. The fourth-order valence-electron chi connectivity index (χ4n) is 5.25. The third-order valence-corrected chi connectivity index (χ3v) is 7.29. The van der Waals surface area contributed by atoms with Crippen molar-refractivity contribution in [2.24, 2.45) is 0 Å². The third kappa shape index (κ3) is 4.83. The first-order chi connectivity index (χ1) is 17.4. The smallest absolute Gasteiger partial charge is 0.254 e. The van der Waals surface area contributed by atoms with E-state index in [9.17, 15) is 13.6 Å². The maximum atomic E-state index is 14.9. The van der Waals surface area contributed by atoms with Crippen LogP contribution in [0.5, 0.6) is 0 Å². The Hall–Kier alpha value is -3.36. The number of pyridine rings is 1. The van der Waals surface area contributed by atoms with Crippen LogP contribution in [-0.4, -0.2) is 55.7 Å². The Morgan fingerprint density at radius 1 is 1.08 bits per heavy atom. The number of hydrogen-bond donors (Lipinski definition) is 2. The number of fused-ring (bicyclic) bond motifs is 1. The van der Waals surface area contributed by atoms with Gasteiger partial charge in [-0.05, 0) is 78.7 Å². The van der Waals surface area contributed by atoms with E-state index < -0.39 is 17.7 Å². The van der Waals surface area contributed by atoms with Crippen LogP contribution in [0, 0.1) is 11.8 Å². The van der Waals surface area contributed by atoms with E-state index in [1.165, 1.54) is 11.6 Å². The van der Waals surface area contributed by atoms with Crippen LogP contribution < -0.4 is 11.1 Å². The summed E-state index contributed by atoms with van der Waals surface area (Å²) in [7, 11) is 1.72. The van der Waals surface area contributed by atoms with Gasteiger partial charge in [0, 0.05) is 31.3 Å². The minimum absolute atomic E-state index is 0.0206. The van der Waals surface area contributed by atoms with E-state index in [1.807, 2.05) is 12.1 Å². The molecule has 5 rings (SSSR count). The molecule has 0 radical (unpaired) electrons. The summed E-state index contributed by atoms with van der Waals surface area (Å²) in [6.07, 6.45) is 2.67. The minimum Gasteiger partial charge on any atom is -0.383 e. The topological polar surface area (TPSA) is 80.5 Å². The fourth-order valence-corrected chi connectivity index (χ4v) is 5.25. The molecule has 188 valence electrons. The summed E-state index contributed by atoms with van der Waals surface area (Å²) in [6.45, 7) is 4.21. The van der Waals surface area contributed by atoms with Crippen LogP contribution in [0.2, 0.25) is 0 Å². The molecule has 1 amide bonds. The number of benzene rings is 2. The normalized spacial score (nSPS) is 16.6. The lowest BCUT2D eigenvalue weighted by molar-refractivity contribution is 0.0941. The van der Waals surface area contributed by atoms with Gasteiger partial charge in [-0.3, -0.25) is 4.79 Å². The summed E-state index contributed by atoms with van der Waals surface area (Å²) in [5.41, 5.74) is 9.85. The number of ether oxygens (including phenoxy) is 1. The molecule has 8 heteroatoms. The SMILES string of the molecule is COCCN1CCC(c2ccc(-c3cc(-c4cc(F)c5c(c4)CCNC5=O)c(N)nc3F)cc2)CC1. The molecule has 0 spiro atoms. The van der Waals surface area contributed by atoms with E-state index in [-0.39, 0.29) is 11.4 Å². The lowest BCUT2D eigenvalue weighted by Crippen LogP contribution is -2.35. The molecule has 2 aromatic carbocycles. The van der Waals surface area contributed by atoms with E-state index in [0.717, 1.165) is 39.1 Å². The van der Waals surface area contributed by atoms with Gasteiger partial charge in [0.2, 0.25) is 5.95 Å². The Balaban J connectivity index is 1.40. The number of hydrogen-bond acceptors (Lipinski definition) is 5. The van der Waals surface area contributed by atoms with Crippen molar-refractivity contribution in [3.05, 3.63) is 70.9 Å². The quantitative estimate of drug-likeness (QED) is 0.499. The molecule has 1 saturated heterocycles. The number of aromatic nitrogens is 1. The zero-order chi connectivity index (χ0) is 25.2. The first-order valence-electron chi connectivity index (χ1n) is 12.3. The van der Waals surface area contributed by atoms with E-state index in [0.29, 0.717) is 46.7 Å². The van der Waals surface area contributed by atoms with Gasteiger partial charge in [0.1, 0.15) is 11.6 Å². The maximum absolute atomic E-state index is 14.9. The molecule has 3 heterocycles. The predicted octanol–water partition coefficient (Wildman–Crippen LogP) is 4.39. The molecule has 1 fully saturated rings. The summed E-state index contributed by atoms with van der Waals surface area (Å²) in [4.78, 5) is 18.4. The average Bonchev–Trinajstić information content (AvgIpc) is 2.88. The van der Waals surface area contributed by atoms with Crippen molar-refractivity contribution in [2.45, 2.75) is 25.2 Å². The molecule has 2 aliphatic heterocycles. The largest absolute Gasteiger partial charge is 0.383 e. The molecule has 0 unspecified atom stereocenters. The molecule has 0 bridgehead atoms. The Morgan fingerprint density at radius 3 is 2.56 bits per heavy atom. The molecule has 0 atom stereocenters. The minimum atomic E-state index is -0.673. The van der Waals surface area contributed by atoms with Gasteiger partial charge in [0.05, 0.1) is 12.2 Å². The van der Waals surface area contributed by atoms with Crippen molar-refractivity contribution in [2.75, 3.05) is 45.6 Å². The predicted molar refractivity (Wildman–Crippen MR) is 136 cm³/mol. The number of carbonyl (C=O) groups excluding carboxylic acids is 1. The van der Waals surface area contributed by atoms with Gasteiger partial charge in [-0.25, -0.2) is 9.37 Å². The van der Waals surface area contributed by atoms with E-state index in [4.69, 9.17) is 10.5 Å². The average molecular weight is 493 g/mol. The summed E-state index contributed by atoms with van der Waals surface area (Å²) < 4.78 is 34.9. The molecule has 6 nitrogen and oxygen atoms in total. The zero-order valence-corrected chi connectivity index (χ0v) is 20.3. The Kier molecular flexibility index (Phi) is 6.98. The van der Waals surface area contributed by atoms with Crippen molar-refractivity contribution in [3.63, 3.8) is 0 Å². The van der Waals surface area contributed by atoms with Gasteiger partial charge in [-0.15, -0.1) is 0 Å². The molecule has 0 saturated carbocycles. The standard InChI is InChI=1S/C28H30F2N4O2/c1-36-13-12-34-10-7-18(8-11-34)17-2-4-19(5-3-17)22-16-23(27(31)33-26(22)30)21-14-20-6-9-32-28(35)25(20)24(29)15-21/h2-5,14-16,18H,6-13H2,1H3,(H2,31,33)(H,32,35). The Morgan fingerprint density at radius 2 is 1.83 bits per heavy atom. The number of rotatable bonds is 6. The summed E-state index contributed by atoms with van der Waals surface area (Å²) in [6, 6.07) is 12.5. The van der Waals surface area contributed by atoms with E-state index >= 15 is 0 Å². The number of nitrogen functional groups attached to an aromatic ring is 1. The van der Waals surface area contributed by atoms with Crippen molar-refractivity contribution in [3.8, 4) is 22.3 Å². The second-order valence-electron chi connectivity index (χ2n) is 9.49. The fraction of sp³-hybridized carbons (Fsp3) is 0.357. The molecule has 1 aromatic heterocycles. The van der Waals surface area contributed by atoms with Crippen molar-refractivity contribution in [1.82, 2.24) is 15.2 Å². The molecular weight excluding hydrogens is 462 g/mol. The molecular formula is C28H30F2N4O2. The maximum Gasteiger partial charge on any atom is 0.254 e. The van der Waals surface area contributed by atoms with Crippen LogP contribution in [0.15, 0.2) is 42.5 Å². The van der Waals surface area contributed by atoms with Gasteiger partial charge in [-0.2, -0.15) is 4.39 Å². The molecule has 3 aromatic rings. The highest BCUT2D eigenvalue weighted by Crippen LogP contribution is 2.35. The lowest BCUT2D eigenvalue weighted by Gasteiger charge is -2.32. The van der Waals surface area contributed by atoms with Crippen molar-refractivity contribution >= 4 is 11.7 Å². The number of nitrogens with zero attached hydrogens (tertiary/aromatic N) is 2. The van der Waals surface area contributed by atoms with Gasteiger partial charge >= 0.3 is 0 Å². The van der Waals surface area contributed by atoms with E-state index in [1.54, 1.807) is 19.2 Å². The van der Waals surface area contributed by atoms with Gasteiger partial charge < -0.3 is 20.7 Å². The van der Waals surface area contributed by atoms with Crippen molar-refractivity contribution in [1.29, 1.82) is 0 Å². The van der Waals surface area contributed by atoms with Gasteiger partial charge in [-0.1, -0.05) is 24.3 Å². The summed E-state index contributed by atoms with van der Waals surface area (Å²) in [5.74, 6) is -1.27. The zero-order valence-electron chi connectivity index (χ0n) is 20.3. The second-order valence-corrected chi connectivity index (χ2v) is 9.49. The van der Waals surface area contributed by atoms with Crippen LogP contribution in [-0.2, 0) is 11.2 Å². The summed E-state index contributed by atoms with van der Waals surface area (Å²) >= 11 is 0. The monoisotopic (exact) mass is 492 g/mol. The lowest BCUT2D eigenvalue weighted by atomic mass is 9.88. The number of anilines is 1. The number of likely N-dealkylation sites (tertiary alicyclic amines) is 1. The highest BCUT2D eigenvalue weighted by atomic mass is 19.1. The van der Waals surface area contributed by atoms with E-state index in [2.05, 4.69) is 27.3 Å².